The number of hydrogen-bond donors (Lipinski definition) is 2. The molecule has 1 aromatic heterocycles. The Labute approximate surface area is 144 Å². The third-order valence-corrected chi connectivity index (χ3v) is 3.94. The van der Waals surface area contributed by atoms with Crippen LogP contribution in [0.5, 0.6) is 0 Å². The van der Waals surface area contributed by atoms with Gasteiger partial charge in [0.2, 0.25) is 5.91 Å². The summed E-state index contributed by atoms with van der Waals surface area (Å²) in [5, 5.41) is 7.13. The number of carbonyl (C=O) groups is 1. The van der Waals surface area contributed by atoms with Crippen molar-refractivity contribution in [1.82, 2.24) is 9.78 Å². The van der Waals surface area contributed by atoms with Crippen LogP contribution >= 0.6 is 28.3 Å². The van der Waals surface area contributed by atoms with Crippen LogP contribution in [0.1, 0.15) is 19.4 Å². The van der Waals surface area contributed by atoms with E-state index in [1.165, 1.54) is 0 Å². The van der Waals surface area contributed by atoms with Crippen molar-refractivity contribution in [2.24, 2.45) is 11.7 Å². The van der Waals surface area contributed by atoms with Crippen molar-refractivity contribution in [3.8, 4) is 0 Å². The summed E-state index contributed by atoms with van der Waals surface area (Å²) in [5.74, 6) is 0.332. The van der Waals surface area contributed by atoms with Crippen molar-refractivity contribution < 1.29 is 4.79 Å². The van der Waals surface area contributed by atoms with Crippen molar-refractivity contribution >= 4 is 40.1 Å². The third kappa shape index (κ3) is 4.83. The molecule has 0 aliphatic rings. The number of carbonyl (C=O) groups excluding carboxylic acids is 1. The largest absolute Gasteiger partial charge is 0.327 e. The van der Waals surface area contributed by atoms with Crippen LogP contribution in [0.25, 0.3) is 0 Å². The molecule has 3 N–H and O–H groups in total. The molecule has 2 rings (SSSR count). The quantitative estimate of drug-likeness (QED) is 0.828. The second kappa shape index (κ2) is 8.31. The van der Waals surface area contributed by atoms with Gasteiger partial charge < -0.3 is 11.1 Å². The minimum Gasteiger partial charge on any atom is -0.327 e. The number of aromatic nitrogens is 2. The first-order valence-electron chi connectivity index (χ1n) is 6.80. The van der Waals surface area contributed by atoms with Gasteiger partial charge in [-0.05, 0) is 24.6 Å². The van der Waals surface area contributed by atoms with Crippen LogP contribution in [0.15, 0.2) is 41.0 Å². The average molecular weight is 388 g/mol. The molecule has 1 amide bonds. The molecular weight excluding hydrogens is 368 g/mol. The summed E-state index contributed by atoms with van der Waals surface area (Å²) >= 11 is 3.41. The van der Waals surface area contributed by atoms with Gasteiger partial charge in [-0.1, -0.05) is 35.0 Å². The molecule has 1 heterocycles. The lowest BCUT2D eigenvalue weighted by Gasteiger charge is -2.16. The smallest absolute Gasteiger partial charge is 0.229 e. The second-order valence-electron chi connectivity index (χ2n) is 5.14. The van der Waals surface area contributed by atoms with E-state index in [1.807, 2.05) is 38.1 Å². The lowest BCUT2D eigenvalue weighted by atomic mass is 10.0. The molecule has 2 unspecified atom stereocenters. The summed E-state index contributed by atoms with van der Waals surface area (Å²) in [7, 11) is 0. The second-order valence-corrected chi connectivity index (χ2v) is 6.05. The number of benzene rings is 1. The van der Waals surface area contributed by atoms with Crippen molar-refractivity contribution in [2.45, 2.75) is 26.4 Å². The van der Waals surface area contributed by atoms with Gasteiger partial charge in [0.05, 0.1) is 18.7 Å². The Bertz CT molecular complexity index is 612. The van der Waals surface area contributed by atoms with Crippen LogP contribution in [-0.4, -0.2) is 21.7 Å². The number of rotatable bonds is 5. The van der Waals surface area contributed by atoms with Gasteiger partial charge in [-0.2, -0.15) is 5.10 Å². The van der Waals surface area contributed by atoms with Crippen molar-refractivity contribution in [3.05, 3.63) is 46.6 Å². The van der Waals surface area contributed by atoms with Gasteiger partial charge in [-0.3, -0.25) is 4.79 Å². The van der Waals surface area contributed by atoms with Crippen LogP contribution in [0.2, 0.25) is 0 Å². The fourth-order valence-electron chi connectivity index (χ4n) is 1.81. The maximum absolute atomic E-state index is 12.1. The lowest BCUT2D eigenvalue weighted by Crippen LogP contribution is -2.34. The van der Waals surface area contributed by atoms with Gasteiger partial charge in [0.1, 0.15) is 5.82 Å². The highest BCUT2D eigenvalue weighted by Gasteiger charge is 2.18. The number of hydrogen-bond acceptors (Lipinski definition) is 3. The minimum absolute atomic E-state index is 0. The molecular formula is C15H20BrClN4O. The van der Waals surface area contributed by atoms with E-state index in [0.717, 1.165) is 10.0 Å². The Hall–Kier alpha value is -1.37. The molecule has 5 nitrogen and oxygen atoms in total. The molecule has 0 radical (unpaired) electrons. The van der Waals surface area contributed by atoms with Gasteiger partial charge >= 0.3 is 0 Å². The molecule has 22 heavy (non-hydrogen) atoms. The van der Waals surface area contributed by atoms with E-state index >= 15 is 0 Å². The zero-order valence-corrected chi connectivity index (χ0v) is 14.9. The summed E-state index contributed by atoms with van der Waals surface area (Å²) in [6.45, 7) is 4.24. The maximum Gasteiger partial charge on any atom is 0.229 e. The molecule has 7 heteroatoms. The normalized spacial score (nSPS) is 13.1. The molecule has 0 saturated heterocycles. The first-order chi connectivity index (χ1) is 9.97. The summed E-state index contributed by atoms with van der Waals surface area (Å²) in [5.41, 5.74) is 6.86. The molecule has 0 spiro atoms. The van der Waals surface area contributed by atoms with Gasteiger partial charge in [-0.15, -0.1) is 12.4 Å². The Morgan fingerprint density at radius 2 is 1.95 bits per heavy atom. The predicted molar refractivity (Wildman–Crippen MR) is 94.2 cm³/mol. The molecule has 0 aliphatic carbocycles. The van der Waals surface area contributed by atoms with Crippen molar-refractivity contribution in [1.29, 1.82) is 0 Å². The van der Waals surface area contributed by atoms with E-state index in [1.54, 1.807) is 16.9 Å². The van der Waals surface area contributed by atoms with Crippen LogP contribution in [0, 0.1) is 5.92 Å². The maximum atomic E-state index is 12.1. The number of halogens is 2. The fraction of sp³-hybridized carbons (Fsp3) is 0.333. The average Bonchev–Trinajstić information content (AvgIpc) is 2.87. The monoisotopic (exact) mass is 386 g/mol. The van der Waals surface area contributed by atoms with Crippen LogP contribution < -0.4 is 11.1 Å². The summed E-state index contributed by atoms with van der Waals surface area (Å²) in [4.78, 5) is 12.1. The van der Waals surface area contributed by atoms with Gasteiger partial charge in [0.15, 0.2) is 0 Å². The van der Waals surface area contributed by atoms with E-state index in [2.05, 4.69) is 26.3 Å². The van der Waals surface area contributed by atoms with Gasteiger partial charge in [0, 0.05) is 16.6 Å². The topological polar surface area (TPSA) is 72.9 Å². The van der Waals surface area contributed by atoms with E-state index in [-0.39, 0.29) is 30.3 Å². The highest BCUT2D eigenvalue weighted by atomic mass is 79.9. The first-order valence-corrected chi connectivity index (χ1v) is 7.59. The predicted octanol–water partition coefficient (Wildman–Crippen LogP) is 3.04. The number of amides is 1. The van der Waals surface area contributed by atoms with E-state index in [0.29, 0.717) is 12.4 Å². The molecule has 0 saturated carbocycles. The zero-order chi connectivity index (χ0) is 15.4. The van der Waals surface area contributed by atoms with Gasteiger partial charge in [-0.25, -0.2) is 4.68 Å². The van der Waals surface area contributed by atoms with Crippen molar-refractivity contribution in [3.63, 3.8) is 0 Å². The summed E-state index contributed by atoms with van der Waals surface area (Å²) in [6.07, 6.45) is 1.67. The Balaban J connectivity index is 0.00000242. The van der Waals surface area contributed by atoms with Crippen molar-refractivity contribution in [2.75, 3.05) is 5.32 Å². The molecule has 0 aliphatic heterocycles. The van der Waals surface area contributed by atoms with E-state index < -0.39 is 0 Å². The highest BCUT2D eigenvalue weighted by molar-refractivity contribution is 9.10. The molecule has 0 bridgehead atoms. The summed E-state index contributed by atoms with van der Waals surface area (Å²) < 4.78 is 2.79. The molecule has 120 valence electrons. The van der Waals surface area contributed by atoms with Crippen LogP contribution in [-0.2, 0) is 11.3 Å². The Kier molecular flexibility index (Phi) is 7.06. The highest BCUT2D eigenvalue weighted by Crippen LogP contribution is 2.15. The zero-order valence-electron chi connectivity index (χ0n) is 12.5. The Morgan fingerprint density at radius 3 is 2.55 bits per heavy atom. The van der Waals surface area contributed by atoms with E-state index in [4.69, 9.17) is 5.73 Å². The molecule has 0 fully saturated rings. The minimum atomic E-state index is -0.249. The fourth-order valence-corrected chi connectivity index (χ4v) is 2.07. The summed E-state index contributed by atoms with van der Waals surface area (Å²) in [6, 6.07) is 9.59. The molecule has 1 aromatic carbocycles. The number of anilines is 1. The number of nitrogens with zero attached hydrogens (tertiary/aromatic N) is 2. The SMILES string of the molecule is CC(N)C(C)C(=O)Nc1ccnn1Cc1ccc(Br)cc1.Cl. The molecule has 2 aromatic rings. The van der Waals surface area contributed by atoms with Gasteiger partial charge in [0.25, 0.3) is 0 Å². The standard InChI is InChI=1S/C15H19BrN4O.ClH/c1-10(11(2)17)15(21)19-14-7-8-18-20(14)9-12-3-5-13(16)6-4-12;/h3-8,10-11H,9,17H2,1-2H3,(H,19,21);1H. The lowest BCUT2D eigenvalue weighted by molar-refractivity contribution is -0.119. The molecule has 2 atom stereocenters. The number of nitrogens with one attached hydrogen (secondary N) is 1. The Morgan fingerprint density at radius 1 is 1.32 bits per heavy atom. The first kappa shape index (κ1) is 18.7. The number of nitrogens with two attached hydrogens (primary N) is 1. The van der Waals surface area contributed by atoms with Crippen LogP contribution in [0.3, 0.4) is 0 Å². The van der Waals surface area contributed by atoms with E-state index in [9.17, 15) is 4.79 Å². The van der Waals surface area contributed by atoms with Crippen LogP contribution in [0.4, 0.5) is 5.82 Å². The third-order valence-electron chi connectivity index (χ3n) is 3.42.